The van der Waals surface area contributed by atoms with Crippen LogP contribution in [0.4, 0.5) is 5.69 Å². The first kappa shape index (κ1) is 12.0. The Morgan fingerprint density at radius 1 is 1.06 bits per heavy atom. The molecule has 0 heterocycles. The Morgan fingerprint density at radius 2 is 1.76 bits per heavy atom. The third-order valence-electron chi connectivity index (χ3n) is 2.16. The second-order valence-electron chi connectivity index (χ2n) is 3.37. The monoisotopic (exact) mass is 264 g/mol. The zero-order valence-corrected chi connectivity index (χ0v) is 10.2. The summed E-state index contributed by atoms with van der Waals surface area (Å²) >= 11 is 11.6. The van der Waals surface area contributed by atoms with Crippen molar-refractivity contribution < 1.29 is 4.79 Å². The summed E-state index contributed by atoms with van der Waals surface area (Å²) in [6, 6.07) is 14.6. The molecule has 85 valence electrons. The van der Waals surface area contributed by atoms with Crippen LogP contribution in [0.5, 0.6) is 0 Å². The molecule has 0 bridgehead atoms. The van der Waals surface area contributed by atoms with Gasteiger partial charge in [0.05, 0.1) is 10.0 Å². The van der Waals surface area contributed by atoms with Crippen molar-refractivity contribution >= 4 is 34.8 Å². The summed E-state index contributed by atoms with van der Waals surface area (Å²) < 4.78 is 0. The van der Waals surface area contributed by atoms with Gasteiger partial charge in [-0.3, -0.25) is 4.79 Å². The van der Waals surface area contributed by atoms with Gasteiger partial charge in [-0.05, 0) is 36.4 Å². The topological polar surface area (TPSA) is 29.1 Å². The normalized spacial score (nSPS) is 10.0. The van der Waals surface area contributed by atoms with Crippen molar-refractivity contribution in [3.63, 3.8) is 0 Å². The van der Waals surface area contributed by atoms with Gasteiger partial charge in [0, 0.05) is 11.3 Å². The van der Waals surface area contributed by atoms with Crippen LogP contribution in [0.25, 0.3) is 0 Å². The number of rotatable bonds is 2. The summed E-state index contributed by atoms with van der Waals surface area (Å²) in [6.07, 6.45) is 0. The molecule has 1 radical (unpaired) electrons. The van der Waals surface area contributed by atoms with Crippen LogP contribution in [0.15, 0.2) is 42.5 Å². The highest BCUT2D eigenvalue weighted by Crippen LogP contribution is 2.23. The fourth-order valence-corrected chi connectivity index (χ4v) is 1.61. The van der Waals surface area contributed by atoms with E-state index in [4.69, 9.17) is 23.2 Å². The van der Waals surface area contributed by atoms with Crippen LogP contribution < -0.4 is 5.32 Å². The highest BCUT2D eigenvalue weighted by Gasteiger charge is 2.07. The Bertz CT molecular complexity index is 540. The summed E-state index contributed by atoms with van der Waals surface area (Å²) in [4.78, 5) is 11.9. The van der Waals surface area contributed by atoms with E-state index in [1.165, 1.54) is 6.07 Å². The molecule has 2 nitrogen and oxygen atoms in total. The van der Waals surface area contributed by atoms with Crippen molar-refractivity contribution in [2.75, 3.05) is 5.32 Å². The molecule has 0 saturated carbocycles. The molecule has 0 atom stereocenters. The van der Waals surface area contributed by atoms with Gasteiger partial charge in [0.1, 0.15) is 0 Å². The molecule has 0 fully saturated rings. The minimum absolute atomic E-state index is 0.227. The third-order valence-corrected chi connectivity index (χ3v) is 2.90. The van der Waals surface area contributed by atoms with Gasteiger partial charge in [-0.15, -0.1) is 0 Å². The number of hydrogen-bond donors (Lipinski definition) is 1. The standard InChI is InChI=1S/C13H8Cl2NO/c14-11-7-6-9(8-12(11)15)13(17)16-10-4-2-1-3-5-10/h2-8H,(H,16,17). The Labute approximate surface area is 109 Å². The Morgan fingerprint density at radius 3 is 2.41 bits per heavy atom. The predicted octanol–water partition coefficient (Wildman–Crippen LogP) is 4.05. The van der Waals surface area contributed by atoms with E-state index < -0.39 is 0 Å². The van der Waals surface area contributed by atoms with E-state index in [-0.39, 0.29) is 5.91 Å². The lowest BCUT2D eigenvalue weighted by Crippen LogP contribution is -2.11. The minimum atomic E-state index is -0.227. The summed E-state index contributed by atoms with van der Waals surface area (Å²) in [5, 5.41) is 3.53. The van der Waals surface area contributed by atoms with Crippen LogP contribution in [-0.2, 0) is 0 Å². The van der Waals surface area contributed by atoms with E-state index in [1.807, 2.05) is 0 Å². The summed E-state index contributed by atoms with van der Waals surface area (Å²) in [5.41, 5.74) is 1.17. The lowest BCUT2D eigenvalue weighted by atomic mass is 10.2. The second kappa shape index (κ2) is 5.21. The number of amides is 1. The van der Waals surface area contributed by atoms with Crippen LogP contribution >= 0.6 is 23.2 Å². The first-order valence-electron chi connectivity index (χ1n) is 4.89. The van der Waals surface area contributed by atoms with E-state index in [0.29, 0.717) is 21.3 Å². The lowest BCUT2D eigenvalue weighted by molar-refractivity contribution is 0.102. The first-order chi connectivity index (χ1) is 8.16. The maximum absolute atomic E-state index is 11.9. The van der Waals surface area contributed by atoms with Crippen molar-refractivity contribution in [2.45, 2.75) is 0 Å². The third kappa shape index (κ3) is 2.99. The van der Waals surface area contributed by atoms with Crippen molar-refractivity contribution in [3.05, 3.63) is 64.1 Å². The highest BCUT2D eigenvalue weighted by atomic mass is 35.5. The molecule has 2 aromatic rings. The largest absolute Gasteiger partial charge is 0.322 e. The van der Waals surface area contributed by atoms with Crippen LogP contribution in [0.3, 0.4) is 0 Å². The number of nitrogens with one attached hydrogen (secondary N) is 1. The molecule has 1 N–H and O–H groups in total. The Hall–Kier alpha value is -1.51. The van der Waals surface area contributed by atoms with Gasteiger partial charge in [0.15, 0.2) is 0 Å². The number of halogens is 2. The zero-order chi connectivity index (χ0) is 12.3. The number of carbonyl (C=O) groups excluding carboxylic acids is 1. The fraction of sp³-hybridized carbons (Fsp3) is 0. The van der Waals surface area contributed by atoms with Crippen molar-refractivity contribution in [1.29, 1.82) is 0 Å². The lowest BCUT2D eigenvalue weighted by Gasteiger charge is -2.05. The molecule has 2 aromatic carbocycles. The number of hydrogen-bond acceptors (Lipinski definition) is 1. The van der Waals surface area contributed by atoms with Crippen molar-refractivity contribution in [2.24, 2.45) is 0 Å². The molecule has 0 aliphatic heterocycles. The highest BCUT2D eigenvalue weighted by molar-refractivity contribution is 6.42. The van der Waals surface area contributed by atoms with Gasteiger partial charge in [0.2, 0.25) is 0 Å². The van der Waals surface area contributed by atoms with E-state index in [1.54, 1.807) is 36.4 Å². The van der Waals surface area contributed by atoms with Gasteiger partial charge in [-0.2, -0.15) is 0 Å². The van der Waals surface area contributed by atoms with Crippen LogP contribution in [0.1, 0.15) is 10.4 Å². The molecule has 2 rings (SSSR count). The van der Waals surface area contributed by atoms with Crippen LogP contribution in [0.2, 0.25) is 10.0 Å². The molecule has 0 saturated heterocycles. The van der Waals surface area contributed by atoms with E-state index in [9.17, 15) is 4.79 Å². The number of anilines is 1. The molecule has 0 aliphatic carbocycles. The molecule has 4 heteroatoms. The second-order valence-corrected chi connectivity index (χ2v) is 4.19. The van der Waals surface area contributed by atoms with Crippen molar-refractivity contribution in [1.82, 2.24) is 0 Å². The molecular formula is C13H8Cl2NO. The smallest absolute Gasteiger partial charge is 0.255 e. The van der Waals surface area contributed by atoms with Gasteiger partial charge >= 0.3 is 0 Å². The molecular weight excluding hydrogens is 257 g/mol. The number of benzene rings is 2. The molecule has 17 heavy (non-hydrogen) atoms. The fourth-order valence-electron chi connectivity index (χ4n) is 1.31. The average molecular weight is 265 g/mol. The summed E-state index contributed by atoms with van der Waals surface area (Å²) in [5.74, 6) is -0.227. The van der Waals surface area contributed by atoms with Crippen molar-refractivity contribution in [3.8, 4) is 0 Å². The maximum Gasteiger partial charge on any atom is 0.255 e. The van der Waals surface area contributed by atoms with Gasteiger partial charge in [-0.1, -0.05) is 35.3 Å². The Balaban J connectivity index is 2.18. The maximum atomic E-state index is 11.9. The average Bonchev–Trinajstić information content (AvgIpc) is 2.34. The SMILES string of the molecule is O=C(Nc1cc[c]cc1)c1ccc(Cl)c(Cl)c1. The van der Waals surface area contributed by atoms with Crippen LogP contribution in [-0.4, -0.2) is 5.91 Å². The minimum Gasteiger partial charge on any atom is -0.322 e. The zero-order valence-electron chi connectivity index (χ0n) is 8.71. The van der Waals surface area contributed by atoms with E-state index in [2.05, 4.69) is 11.4 Å². The van der Waals surface area contributed by atoms with Gasteiger partial charge in [-0.25, -0.2) is 0 Å². The quantitative estimate of drug-likeness (QED) is 0.872. The molecule has 0 unspecified atom stereocenters. The van der Waals surface area contributed by atoms with Crippen LogP contribution in [0, 0.1) is 6.07 Å². The molecule has 1 amide bonds. The van der Waals surface area contributed by atoms with Gasteiger partial charge < -0.3 is 5.32 Å². The van der Waals surface area contributed by atoms with Gasteiger partial charge in [0.25, 0.3) is 5.91 Å². The first-order valence-corrected chi connectivity index (χ1v) is 5.65. The predicted molar refractivity (Wildman–Crippen MR) is 69.7 cm³/mol. The molecule has 0 spiro atoms. The number of carbonyl (C=O) groups is 1. The van der Waals surface area contributed by atoms with E-state index >= 15 is 0 Å². The Kier molecular flexibility index (Phi) is 3.67. The summed E-state index contributed by atoms with van der Waals surface area (Å²) in [7, 11) is 0. The van der Waals surface area contributed by atoms with E-state index in [0.717, 1.165) is 0 Å². The molecule has 0 aliphatic rings. The summed E-state index contributed by atoms with van der Waals surface area (Å²) in [6.45, 7) is 0. The molecule has 0 aromatic heterocycles.